The monoisotopic (exact) mass is 325 g/mol. The first-order chi connectivity index (χ1) is 9.15. The van der Waals surface area contributed by atoms with E-state index < -0.39 is 0 Å². The molecule has 104 valence electrons. The van der Waals surface area contributed by atoms with Gasteiger partial charge in [0.05, 0.1) is 6.54 Å². The summed E-state index contributed by atoms with van der Waals surface area (Å²) in [6.45, 7) is 4.31. The molecule has 1 fully saturated rings. The van der Waals surface area contributed by atoms with Crippen LogP contribution in [0.1, 0.15) is 26.2 Å². The van der Waals surface area contributed by atoms with Crippen LogP contribution < -0.4 is 4.74 Å². The number of nitrogens with zero attached hydrogens (tertiary/aromatic N) is 1. The molecule has 0 aromatic heterocycles. The van der Waals surface area contributed by atoms with Gasteiger partial charge in [0, 0.05) is 17.4 Å². The van der Waals surface area contributed by atoms with Crippen molar-refractivity contribution in [2.75, 3.05) is 19.7 Å². The van der Waals surface area contributed by atoms with Crippen LogP contribution in [0.2, 0.25) is 0 Å². The Hall–Kier alpha value is -1.03. The number of carbonyl (C=O) groups excluding carboxylic acids is 1. The van der Waals surface area contributed by atoms with Gasteiger partial charge in [-0.15, -0.1) is 0 Å². The number of halogens is 1. The molecule has 0 saturated carbocycles. The van der Waals surface area contributed by atoms with E-state index in [1.807, 2.05) is 29.2 Å². The van der Waals surface area contributed by atoms with Crippen LogP contribution in [0, 0.1) is 5.92 Å². The fourth-order valence-electron chi connectivity index (χ4n) is 2.24. The van der Waals surface area contributed by atoms with Crippen molar-refractivity contribution < 1.29 is 9.53 Å². The van der Waals surface area contributed by atoms with Crippen LogP contribution in [0.5, 0.6) is 5.75 Å². The van der Waals surface area contributed by atoms with Crippen LogP contribution in [0.4, 0.5) is 0 Å². The zero-order chi connectivity index (χ0) is 13.7. The molecule has 0 N–H and O–H groups in total. The lowest BCUT2D eigenvalue weighted by atomic mass is 10.0. The summed E-state index contributed by atoms with van der Waals surface area (Å²) in [6.07, 6.45) is 2.79. The Morgan fingerprint density at radius 2 is 2.26 bits per heavy atom. The van der Waals surface area contributed by atoms with Crippen molar-refractivity contribution in [1.29, 1.82) is 0 Å². The minimum absolute atomic E-state index is 0.266. The Balaban J connectivity index is 1.80. The molecule has 1 aliphatic rings. The molecule has 2 rings (SSSR count). The largest absolute Gasteiger partial charge is 0.492 e. The number of hydrogen-bond acceptors (Lipinski definition) is 2. The van der Waals surface area contributed by atoms with Crippen molar-refractivity contribution >= 4 is 21.8 Å². The summed E-state index contributed by atoms with van der Waals surface area (Å²) in [5, 5.41) is 0. The Labute approximate surface area is 123 Å². The summed E-state index contributed by atoms with van der Waals surface area (Å²) in [4.78, 5) is 13.9. The van der Waals surface area contributed by atoms with E-state index >= 15 is 0 Å². The first kappa shape index (κ1) is 14.4. The highest BCUT2D eigenvalue weighted by molar-refractivity contribution is 9.10. The van der Waals surface area contributed by atoms with E-state index in [1.54, 1.807) is 0 Å². The predicted octanol–water partition coefficient (Wildman–Crippen LogP) is 3.48. The fraction of sp³-hybridized carbons (Fsp3) is 0.533. The third-order valence-corrected chi connectivity index (χ3v) is 4.01. The van der Waals surface area contributed by atoms with Crippen molar-refractivity contribution in [3.63, 3.8) is 0 Å². The Morgan fingerprint density at radius 1 is 1.42 bits per heavy atom. The van der Waals surface area contributed by atoms with E-state index in [4.69, 9.17) is 4.74 Å². The SMILES string of the molecule is CC1CCC(=O)N(CCOc2cccc(Br)c2)CC1. The van der Waals surface area contributed by atoms with Crippen LogP contribution in [0.15, 0.2) is 28.7 Å². The van der Waals surface area contributed by atoms with E-state index in [0.717, 1.165) is 29.6 Å². The van der Waals surface area contributed by atoms with Crippen molar-refractivity contribution in [3.8, 4) is 5.75 Å². The predicted molar refractivity (Wildman–Crippen MR) is 79.2 cm³/mol. The molecular weight excluding hydrogens is 306 g/mol. The van der Waals surface area contributed by atoms with Crippen LogP contribution in [0.3, 0.4) is 0 Å². The van der Waals surface area contributed by atoms with Crippen LogP contribution >= 0.6 is 15.9 Å². The van der Waals surface area contributed by atoms with Gasteiger partial charge in [-0.1, -0.05) is 28.9 Å². The third kappa shape index (κ3) is 4.53. The maximum atomic E-state index is 11.9. The summed E-state index contributed by atoms with van der Waals surface area (Å²) in [5.41, 5.74) is 0. The average molecular weight is 326 g/mol. The summed E-state index contributed by atoms with van der Waals surface area (Å²) in [6, 6.07) is 7.77. The third-order valence-electron chi connectivity index (χ3n) is 3.52. The van der Waals surface area contributed by atoms with Gasteiger partial charge >= 0.3 is 0 Å². The van der Waals surface area contributed by atoms with Gasteiger partial charge in [0.15, 0.2) is 0 Å². The summed E-state index contributed by atoms with van der Waals surface area (Å²) in [5.74, 6) is 1.76. The first-order valence-corrected chi connectivity index (χ1v) is 7.60. The molecule has 1 amide bonds. The highest BCUT2D eigenvalue weighted by Crippen LogP contribution is 2.19. The molecule has 1 unspecified atom stereocenters. The Morgan fingerprint density at radius 3 is 3.05 bits per heavy atom. The maximum absolute atomic E-state index is 11.9. The molecule has 3 nitrogen and oxygen atoms in total. The molecule has 1 aromatic carbocycles. The zero-order valence-electron chi connectivity index (χ0n) is 11.3. The number of carbonyl (C=O) groups is 1. The van der Waals surface area contributed by atoms with Gasteiger partial charge in [-0.05, 0) is 37.0 Å². The van der Waals surface area contributed by atoms with Gasteiger partial charge < -0.3 is 9.64 Å². The molecule has 19 heavy (non-hydrogen) atoms. The second kappa shape index (κ2) is 6.94. The molecule has 1 aliphatic heterocycles. The molecular formula is C15H20BrNO2. The van der Waals surface area contributed by atoms with E-state index in [1.165, 1.54) is 0 Å². The number of rotatable bonds is 4. The van der Waals surface area contributed by atoms with Gasteiger partial charge in [0.1, 0.15) is 12.4 Å². The van der Waals surface area contributed by atoms with Gasteiger partial charge in [-0.3, -0.25) is 4.79 Å². The minimum Gasteiger partial charge on any atom is -0.492 e. The van der Waals surface area contributed by atoms with Crippen molar-refractivity contribution in [3.05, 3.63) is 28.7 Å². The molecule has 1 heterocycles. The van der Waals surface area contributed by atoms with E-state index in [2.05, 4.69) is 22.9 Å². The maximum Gasteiger partial charge on any atom is 0.222 e. The highest BCUT2D eigenvalue weighted by atomic mass is 79.9. The second-order valence-corrected chi connectivity index (χ2v) is 6.03. The fourth-order valence-corrected chi connectivity index (χ4v) is 2.62. The average Bonchev–Trinajstić information content (AvgIpc) is 2.54. The van der Waals surface area contributed by atoms with Gasteiger partial charge in [0.2, 0.25) is 5.91 Å². The van der Waals surface area contributed by atoms with Crippen molar-refractivity contribution in [1.82, 2.24) is 4.90 Å². The standard InChI is InChI=1S/C15H20BrNO2/c1-12-5-6-15(18)17(8-7-12)9-10-19-14-4-2-3-13(16)11-14/h2-4,11-12H,5-10H2,1H3. The second-order valence-electron chi connectivity index (χ2n) is 5.12. The number of ether oxygens (including phenoxy) is 1. The smallest absolute Gasteiger partial charge is 0.222 e. The number of amides is 1. The molecule has 1 atom stereocenters. The molecule has 0 bridgehead atoms. The lowest BCUT2D eigenvalue weighted by Crippen LogP contribution is -2.34. The lowest BCUT2D eigenvalue weighted by Gasteiger charge is -2.20. The Kier molecular flexibility index (Phi) is 5.25. The summed E-state index contributed by atoms with van der Waals surface area (Å²) < 4.78 is 6.69. The molecule has 0 spiro atoms. The van der Waals surface area contributed by atoms with Crippen LogP contribution in [-0.4, -0.2) is 30.5 Å². The number of hydrogen-bond donors (Lipinski definition) is 0. The van der Waals surface area contributed by atoms with Crippen molar-refractivity contribution in [2.45, 2.75) is 26.2 Å². The molecule has 0 radical (unpaired) electrons. The van der Waals surface area contributed by atoms with Crippen LogP contribution in [0.25, 0.3) is 0 Å². The van der Waals surface area contributed by atoms with Crippen molar-refractivity contribution in [2.24, 2.45) is 5.92 Å². The van der Waals surface area contributed by atoms with Gasteiger partial charge in [0.25, 0.3) is 0 Å². The first-order valence-electron chi connectivity index (χ1n) is 6.81. The molecule has 0 aliphatic carbocycles. The zero-order valence-corrected chi connectivity index (χ0v) is 12.9. The molecule has 1 saturated heterocycles. The lowest BCUT2D eigenvalue weighted by molar-refractivity contribution is -0.131. The minimum atomic E-state index is 0.266. The Bertz CT molecular complexity index is 436. The number of benzene rings is 1. The molecule has 1 aromatic rings. The topological polar surface area (TPSA) is 29.5 Å². The summed E-state index contributed by atoms with van der Waals surface area (Å²) in [7, 11) is 0. The normalized spacial score (nSPS) is 20.2. The quantitative estimate of drug-likeness (QED) is 0.848. The van der Waals surface area contributed by atoms with E-state index in [0.29, 0.717) is 25.5 Å². The highest BCUT2D eigenvalue weighted by Gasteiger charge is 2.19. The van der Waals surface area contributed by atoms with Gasteiger partial charge in [-0.25, -0.2) is 0 Å². The molecule has 4 heteroatoms. The van der Waals surface area contributed by atoms with Gasteiger partial charge in [-0.2, -0.15) is 0 Å². The number of likely N-dealkylation sites (tertiary alicyclic amines) is 1. The van der Waals surface area contributed by atoms with E-state index in [-0.39, 0.29) is 5.91 Å². The van der Waals surface area contributed by atoms with Crippen LogP contribution in [-0.2, 0) is 4.79 Å². The summed E-state index contributed by atoms with van der Waals surface area (Å²) >= 11 is 3.41. The van der Waals surface area contributed by atoms with E-state index in [9.17, 15) is 4.79 Å².